The van der Waals surface area contributed by atoms with Crippen molar-refractivity contribution in [2.45, 2.75) is 40.7 Å². The average molecular weight is 516 g/mol. The summed E-state index contributed by atoms with van der Waals surface area (Å²) < 4.78 is 16.7. The molecular weight excluding hydrogens is 482 g/mol. The van der Waals surface area contributed by atoms with Crippen LogP contribution in [0.4, 0.5) is 5.69 Å². The zero-order chi connectivity index (χ0) is 27.7. The van der Waals surface area contributed by atoms with Crippen molar-refractivity contribution < 1.29 is 28.9 Å². The SMILES string of the molecule is CCOc1cc(C2/C(=C(\O)c3cc(C)c(OC)cc3C)C(=O)C(=O)N2c2ccc(C)cc2C)ccc1OC. The van der Waals surface area contributed by atoms with E-state index in [0.717, 1.165) is 16.7 Å². The maximum absolute atomic E-state index is 13.6. The molecule has 7 nitrogen and oxygen atoms in total. The van der Waals surface area contributed by atoms with Crippen LogP contribution in [-0.4, -0.2) is 37.6 Å². The van der Waals surface area contributed by atoms with E-state index < -0.39 is 17.7 Å². The third kappa shape index (κ3) is 4.60. The first-order valence-electron chi connectivity index (χ1n) is 12.5. The van der Waals surface area contributed by atoms with Gasteiger partial charge in [0, 0.05) is 11.3 Å². The standard InChI is InChI=1S/C31H33NO6/c1-8-38-26-16-21(10-12-24(26)36-6)28-27(29(33)22-14-20(5)25(37-7)15-18(22)3)30(34)31(35)32(28)23-11-9-17(2)13-19(23)4/h9-16,28,33H,8H2,1-7H3/b29-27+. The largest absolute Gasteiger partial charge is 0.507 e. The second-order valence-corrected chi connectivity index (χ2v) is 9.44. The number of anilines is 1. The van der Waals surface area contributed by atoms with Gasteiger partial charge in [0.2, 0.25) is 0 Å². The fraction of sp³-hybridized carbons (Fsp3) is 0.290. The molecule has 1 heterocycles. The molecule has 1 N–H and O–H groups in total. The van der Waals surface area contributed by atoms with Gasteiger partial charge in [0.1, 0.15) is 11.5 Å². The van der Waals surface area contributed by atoms with E-state index in [0.29, 0.717) is 46.2 Å². The monoisotopic (exact) mass is 515 g/mol. The van der Waals surface area contributed by atoms with Gasteiger partial charge in [-0.3, -0.25) is 14.5 Å². The Morgan fingerprint density at radius 2 is 1.55 bits per heavy atom. The first kappa shape index (κ1) is 26.8. The minimum absolute atomic E-state index is 0.00950. The van der Waals surface area contributed by atoms with Gasteiger partial charge >= 0.3 is 0 Å². The Kier molecular flexibility index (Phi) is 7.49. The van der Waals surface area contributed by atoms with Gasteiger partial charge in [-0.25, -0.2) is 0 Å². The maximum atomic E-state index is 13.6. The van der Waals surface area contributed by atoms with Crippen LogP contribution in [-0.2, 0) is 9.59 Å². The molecule has 1 saturated heterocycles. The van der Waals surface area contributed by atoms with Crippen molar-refractivity contribution in [3.8, 4) is 17.2 Å². The number of benzene rings is 3. The summed E-state index contributed by atoms with van der Waals surface area (Å²) in [6.45, 7) is 9.82. The summed E-state index contributed by atoms with van der Waals surface area (Å²) >= 11 is 0. The third-order valence-electron chi connectivity index (χ3n) is 6.86. The zero-order valence-electron chi connectivity index (χ0n) is 22.8. The van der Waals surface area contributed by atoms with Crippen molar-refractivity contribution in [1.29, 1.82) is 0 Å². The number of aliphatic hydroxyl groups excluding tert-OH is 1. The molecule has 38 heavy (non-hydrogen) atoms. The number of carbonyl (C=O) groups is 2. The van der Waals surface area contributed by atoms with E-state index in [2.05, 4.69) is 0 Å². The van der Waals surface area contributed by atoms with E-state index in [1.54, 1.807) is 44.6 Å². The number of methoxy groups -OCH3 is 2. The molecule has 1 fully saturated rings. The highest BCUT2D eigenvalue weighted by Gasteiger charge is 2.47. The van der Waals surface area contributed by atoms with Gasteiger partial charge in [0.15, 0.2) is 11.5 Å². The van der Waals surface area contributed by atoms with Crippen LogP contribution < -0.4 is 19.1 Å². The number of amides is 1. The summed E-state index contributed by atoms with van der Waals surface area (Å²) in [6, 6.07) is 13.7. The predicted molar refractivity (Wildman–Crippen MR) is 147 cm³/mol. The molecule has 1 unspecified atom stereocenters. The van der Waals surface area contributed by atoms with Gasteiger partial charge < -0.3 is 19.3 Å². The number of ether oxygens (including phenoxy) is 3. The molecule has 0 bridgehead atoms. The van der Waals surface area contributed by atoms with Gasteiger partial charge in [0.05, 0.1) is 32.4 Å². The highest BCUT2D eigenvalue weighted by molar-refractivity contribution is 6.51. The second-order valence-electron chi connectivity index (χ2n) is 9.44. The minimum Gasteiger partial charge on any atom is -0.507 e. The first-order valence-corrected chi connectivity index (χ1v) is 12.5. The predicted octanol–water partition coefficient (Wildman–Crippen LogP) is 5.96. The number of hydrogen-bond donors (Lipinski definition) is 1. The van der Waals surface area contributed by atoms with Crippen LogP contribution >= 0.6 is 0 Å². The summed E-state index contributed by atoms with van der Waals surface area (Å²) in [5.41, 5.74) is 5.06. The Labute approximate surface area is 223 Å². The third-order valence-corrected chi connectivity index (χ3v) is 6.86. The number of nitrogens with zero attached hydrogens (tertiary/aromatic N) is 1. The summed E-state index contributed by atoms with van der Waals surface area (Å²) in [4.78, 5) is 28.7. The normalized spacial score (nSPS) is 16.6. The van der Waals surface area contributed by atoms with Gasteiger partial charge in [-0.05, 0) is 87.2 Å². The Hall–Kier alpha value is -4.26. The van der Waals surface area contributed by atoms with E-state index in [9.17, 15) is 14.7 Å². The van der Waals surface area contributed by atoms with Crippen LogP contribution in [0.2, 0.25) is 0 Å². The van der Waals surface area contributed by atoms with E-state index in [1.807, 2.05) is 52.8 Å². The number of Topliss-reactive ketones (excluding diaryl/α,β-unsaturated/α-hetero) is 1. The number of carbonyl (C=O) groups excluding carboxylic acids is 2. The molecule has 1 aliphatic rings. The molecule has 0 spiro atoms. The fourth-order valence-corrected chi connectivity index (χ4v) is 5.01. The van der Waals surface area contributed by atoms with Crippen LogP contribution in [0.1, 0.15) is 46.3 Å². The zero-order valence-corrected chi connectivity index (χ0v) is 22.8. The Balaban J connectivity index is 2.02. The summed E-state index contributed by atoms with van der Waals surface area (Å²) in [5, 5.41) is 11.6. The number of aryl methyl sites for hydroxylation is 4. The highest BCUT2D eigenvalue weighted by Crippen LogP contribution is 2.45. The maximum Gasteiger partial charge on any atom is 0.300 e. The molecule has 0 radical (unpaired) electrons. The molecule has 198 valence electrons. The Morgan fingerprint density at radius 1 is 0.842 bits per heavy atom. The van der Waals surface area contributed by atoms with Crippen molar-refractivity contribution in [2.24, 2.45) is 0 Å². The molecule has 0 aromatic heterocycles. The van der Waals surface area contributed by atoms with Gasteiger partial charge in [0.25, 0.3) is 11.7 Å². The molecule has 1 aliphatic heterocycles. The van der Waals surface area contributed by atoms with Crippen LogP contribution in [0.25, 0.3) is 5.76 Å². The van der Waals surface area contributed by atoms with Gasteiger partial charge in [-0.15, -0.1) is 0 Å². The first-order chi connectivity index (χ1) is 18.1. The van der Waals surface area contributed by atoms with Crippen LogP contribution in [0.3, 0.4) is 0 Å². The van der Waals surface area contributed by atoms with E-state index in [4.69, 9.17) is 14.2 Å². The van der Waals surface area contributed by atoms with Crippen molar-refractivity contribution in [1.82, 2.24) is 0 Å². The van der Waals surface area contributed by atoms with Gasteiger partial charge in [-0.1, -0.05) is 23.8 Å². The van der Waals surface area contributed by atoms with Crippen LogP contribution in [0.5, 0.6) is 17.2 Å². The van der Waals surface area contributed by atoms with E-state index in [1.165, 1.54) is 4.90 Å². The molecule has 7 heteroatoms. The lowest BCUT2D eigenvalue weighted by molar-refractivity contribution is -0.132. The lowest BCUT2D eigenvalue weighted by Gasteiger charge is -2.27. The fourth-order valence-electron chi connectivity index (χ4n) is 5.01. The van der Waals surface area contributed by atoms with Crippen molar-refractivity contribution in [3.05, 3.63) is 87.5 Å². The molecule has 1 atom stereocenters. The molecule has 1 amide bonds. The lowest BCUT2D eigenvalue weighted by atomic mass is 9.92. The van der Waals surface area contributed by atoms with Crippen LogP contribution in [0, 0.1) is 27.7 Å². The molecule has 0 saturated carbocycles. The molecule has 0 aliphatic carbocycles. The van der Waals surface area contributed by atoms with Crippen molar-refractivity contribution in [3.63, 3.8) is 0 Å². The van der Waals surface area contributed by atoms with E-state index in [-0.39, 0.29) is 11.3 Å². The Morgan fingerprint density at radius 3 is 2.18 bits per heavy atom. The average Bonchev–Trinajstić information content (AvgIpc) is 3.15. The van der Waals surface area contributed by atoms with Crippen molar-refractivity contribution >= 4 is 23.1 Å². The number of hydrogen-bond acceptors (Lipinski definition) is 6. The number of rotatable bonds is 7. The lowest BCUT2D eigenvalue weighted by Crippen LogP contribution is -2.30. The van der Waals surface area contributed by atoms with Crippen LogP contribution in [0.15, 0.2) is 54.1 Å². The summed E-state index contributed by atoms with van der Waals surface area (Å²) in [6.07, 6.45) is 0. The topological polar surface area (TPSA) is 85.3 Å². The Bertz CT molecular complexity index is 1450. The molecule has 4 rings (SSSR count). The molecular formula is C31H33NO6. The van der Waals surface area contributed by atoms with E-state index >= 15 is 0 Å². The minimum atomic E-state index is -0.886. The smallest absolute Gasteiger partial charge is 0.300 e. The summed E-state index contributed by atoms with van der Waals surface area (Å²) in [7, 11) is 3.13. The second kappa shape index (κ2) is 10.6. The number of aliphatic hydroxyl groups is 1. The quantitative estimate of drug-likeness (QED) is 0.237. The molecule has 3 aromatic rings. The molecule has 3 aromatic carbocycles. The summed E-state index contributed by atoms with van der Waals surface area (Å²) in [5.74, 6) is -0.0225. The number of ketones is 1. The van der Waals surface area contributed by atoms with Crippen molar-refractivity contribution in [2.75, 3.05) is 25.7 Å². The highest BCUT2D eigenvalue weighted by atomic mass is 16.5. The van der Waals surface area contributed by atoms with Gasteiger partial charge in [-0.2, -0.15) is 0 Å².